The molecule has 0 atom stereocenters. The third-order valence-electron chi connectivity index (χ3n) is 2.97. The first-order chi connectivity index (χ1) is 7.67. The SMILES string of the molecule is COCCNCCC(C)(C)c1ccccc1. The van der Waals surface area contributed by atoms with Crippen molar-refractivity contribution in [1.82, 2.24) is 5.32 Å². The highest BCUT2D eigenvalue weighted by Gasteiger charge is 2.19. The summed E-state index contributed by atoms with van der Waals surface area (Å²) in [6, 6.07) is 10.7. The van der Waals surface area contributed by atoms with Crippen molar-refractivity contribution < 1.29 is 4.74 Å². The van der Waals surface area contributed by atoms with Crippen LogP contribution in [0, 0.1) is 0 Å². The quantitative estimate of drug-likeness (QED) is 0.715. The van der Waals surface area contributed by atoms with Gasteiger partial charge in [0, 0.05) is 13.7 Å². The molecule has 0 radical (unpaired) electrons. The lowest BCUT2D eigenvalue weighted by atomic mass is 9.81. The summed E-state index contributed by atoms with van der Waals surface area (Å²) in [6.07, 6.45) is 1.14. The highest BCUT2D eigenvalue weighted by Crippen LogP contribution is 2.25. The summed E-state index contributed by atoms with van der Waals surface area (Å²) in [4.78, 5) is 0. The van der Waals surface area contributed by atoms with Gasteiger partial charge in [0.15, 0.2) is 0 Å². The van der Waals surface area contributed by atoms with Gasteiger partial charge in [-0.3, -0.25) is 0 Å². The fourth-order valence-corrected chi connectivity index (χ4v) is 1.73. The Hall–Kier alpha value is -0.860. The zero-order valence-electron chi connectivity index (χ0n) is 10.6. The smallest absolute Gasteiger partial charge is 0.0587 e. The Morgan fingerprint density at radius 3 is 2.44 bits per heavy atom. The standard InChI is InChI=1S/C14H23NO/c1-14(2,9-10-15-11-12-16-3)13-7-5-4-6-8-13/h4-8,15H,9-12H2,1-3H3. The number of benzene rings is 1. The van der Waals surface area contributed by atoms with Crippen LogP contribution in [0.2, 0.25) is 0 Å². The minimum Gasteiger partial charge on any atom is -0.383 e. The first-order valence-electron chi connectivity index (χ1n) is 5.92. The summed E-state index contributed by atoms with van der Waals surface area (Å²) in [7, 11) is 1.73. The molecule has 0 saturated carbocycles. The molecule has 2 heteroatoms. The molecule has 90 valence electrons. The van der Waals surface area contributed by atoms with E-state index in [4.69, 9.17) is 4.74 Å². The Balaban J connectivity index is 2.35. The van der Waals surface area contributed by atoms with E-state index in [1.54, 1.807) is 7.11 Å². The van der Waals surface area contributed by atoms with Crippen LogP contribution in [0.4, 0.5) is 0 Å². The molecule has 1 aromatic rings. The largest absolute Gasteiger partial charge is 0.383 e. The van der Waals surface area contributed by atoms with Crippen molar-refractivity contribution in [2.75, 3.05) is 26.8 Å². The molecule has 0 bridgehead atoms. The van der Waals surface area contributed by atoms with E-state index in [1.165, 1.54) is 5.56 Å². The molecule has 0 aliphatic heterocycles. The lowest BCUT2D eigenvalue weighted by Crippen LogP contribution is -2.27. The van der Waals surface area contributed by atoms with Crippen molar-refractivity contribution in [2.24, 2.45) is 0 Å². The molecule has 1 N–H and O–H groups in total. The molecule has 0 saturated heterocycles. The molecule has 0 fully saturated rings. The number of hydrogen-bond donors (Lipinski definition) is 1. The lowest BCUT2D eigenvalue weighted by Gasteiger charge is -2.25. The van der Waals surface area contributed by atoms with Crippen molar-refractivity contribution >= 4 is 0 Å². The Morgan fingerprint density at radius 1 is 1.12 bits per heavy atom. The molecule has 0 spiro atoms. The van der Waals surface area contributed by atoms with E-state index in [1.807, 2.05) is 0 Å². The number of methoxy groups -OCH3 is 1. The zero-order valence-corrected chi connectivity index (χ0v) is 10.6. The fourth-order valence-electron chi connectivity index (χ4n) is 1.73. The third-order valence-corrected chi connectivity index (χ3v) is 2.97. The van der Waals surface area contributed by atoms with Gasteiger partial charge in [0.1, 0.15) is 0 Å². The van der Waals surface area contributed by atoms with E-state index in [9.17, 15) is 0 Å². The van der Waals surface area contributed by atoms with Crippen molar-refractivity contribution in [3.8, 4) is 0 Å². The molecule has 0 aliphatic rings. The summed E-state index contributed by atoms with van der Waals surface area (Å²) in [5.41, 5.74) is 1.64. The van der Waals surface area contributed by atoms with Crippen LogP contribution in [0.15, 0.2) is 30.3 Å². The summed E-state index contributed by atoms with van der Waals surface area (Å²) in [5, 5.41) is 3.39. The van der Waals surface area contributed by atoms with Crippen LogP contribution in [0.1, 0.15) is 25.8 Å². The van der Waals surface area contributed by atoms with Gasteiger partial charge < -0.3 is 10.1 Å². The summed E-state index contributed by atoms with van der Waals surface area (Å²) >= 11 is 0. The molecular formula is C14H23NO. The summed E-state index contributed by atoms with van der Waals surface area (Å²) in [5.74, 6) is 0. The molecule has 1 rings (SSSR count). The Morgan fingerprint density at radius 2 is 1.81 bits per heavy atom. The Labute approximate surface area is 99.0 Å². The maximum absolute atomic E-state index is 5.00. The second kappa shape index (κ2) is 6.66. The number of ether oxygens (including phenoxy) is 1. The zero-order chi connectivity index (χ0) is 11.9. The normalized spacial score (nSPS) is 11.7. The molecule has 2 nitrogen and oxygen atoms in total. The molecule has 0 heterocycles. The molecular weight excluding hydrogens is 198 g/mol. The van der Waals surface area contributed by atoms with E-state index in [0.717, 1.165) is 26.1 Å². The fraction of sp³-hybridized carbons (Fsp3) is 0.571. The van der Waals surface area contributed by atoms with Gasteiger partial charge in [0.05, 0.1) is 6.61 Å². The van der Waals surface area contributed by atoms with Crippen molar-refractivity contribution in [1.29, 1.82) is 0 Å². The van der Waals surface area contributed by atoms with Gasteiger partial charge in [-0.25, -0.2) is 0 Å². The van der Waals surface area contributed by atoms with Crippen LogP contribution < -0.4 is 5.32 Å². The maximum atomic E-state index is 5.00. The second-order valence-corrected chi connectivity index (χ2v) is 4.74. The van der Waals surface area contributed by atoms with Gasteiger partial charge in [-0.2, -0.15) is 0 Å². The minimum absolute atomic E-state index is 0.237. The summed E-state index contributed by atoms with van der Waals surface area (Å²) < 4.78 is 5.00. The van der Waals surface area contributed by atoms with Crippen LogP contribution >= 0.6 is 0 Å². The highest BCUT2D eigenvalue weighted by atomic mass is 16.5. The van der Waals surface area contributed by atoms with Crippen LogP contribution in [0.25, 0.3) is 0 Å². The predicted octanol–water partition coefficient (Wildman–Crippen LogP) is 2.59. The van der Waals surface area contributed by atoms with Crippen molar-refractivity contribution in [3.05, 3.63) is 35.9 Å². The molecule has 0 unspecified atom stereocenters. The van der Waals surface area contributed by atoms with E-state index in [2.05, 4.69) is 49.5 Å². The van der Waals surface area contributed by atoms with Crippen LogP contribution in [-0.4, -0.2) is 26.8 Å². The van der Waals surface area contributed by atoms with Gasteiger partial charge in [0.2, 0.25) is 0 Å². The van der Waals surface area contributed by atoms with Gasteiger partial charge in [-0.1, -0.05) is 44.2 Å². The molecule has 0 aliphatic carbocycles. The first kappa shape index (κ1) is 13.2. The Bertz CT molecular complexity index is 282. The monoisotopic (exact) mass is 221 g/mol. The molecule has 16 heavy (non-hydrogen) atoms. The van der Waals surface area contributed by atoms with Gasteiger partial charge >= 0.3 is 0 Å². The summed E-state index contributed by atoms with van der Waals surface area (Å²) in [6.45, 7) is 7.33. The lowest BCUT2D eigenvalue weighted by molar-refractivity contribution is 0.198. The molecule has 1 aromatic carbocycles. The van der Waals surface area contributed by atoms with Gasteiger partial charge in [-0.15, -0.1) is 0 Å². The Kier molecular flexibility index (Phi) is 5.50. The first-order valence-corrected chi connectivity index (χ1v) is 5.92. The topological polar surface area (TPSA) is 21.3 Å². The average Bonchev–Trinajstić information content (AvgIpc) is 2.30. The van der Waals surface area contributed by atoms with E-state index >= 15 is 0 Å². The van der Waals surface area contributed by atoms with E-state index < -0.39 is 0 Å². The number of nitrogens with one attached hydrogen (secondary N) is 1. The van der Waals surface area contributed by atoms with Crippen LogP contribution in [0.3, 0.4) is 0 Å². The van der Waals surface area contributed by atoms with Crippen LogP contribution in [-0.2, 0) is 10.2 Å². The predicted molar refractivity (Wildman–Crippen MR) is 68.8 cm³/mol. The molecule has 0 aromatic heterocycles. The number of rotatable bonds is 7. The van der Waals surface area contributed by atoms with Gasteiger partial charge in [-0.05, 0) is 23.9 Å². The minimum atomic E-state index is 0.237. The average molecular weight is 221 g/mol. The van der Waals surface area contributed by atoms with Crippen molar-refractivity contribution in [2.45, 2.75) is 25.7 Å². The second-order valence-electron chi connectivity index (χ2n) is 4.74. The van der Waals surface area contributed by atoms with Gasteiger partial charge in [0.25, 0.3) is 0 Å². The van der Waals surface area contributed by atoms with Crippen LogP contribution in [0.5, 0.6) is 0 Å². The maximum Gasteiger partial charge on any atom is 0.0587 e. The van der Waals surface area contributed by atoms with E-state index in [-0.39, 0.29) is 5.41 Å². The molecule has 0 amide bonds. The number of hydrogen-bond acceptors (Lipinski definition) is 2. The van der Waals surface area contributed by atoms with Crippen molar-refractivity contribution in [3.63, 3.8) is 0 Å². The third kappa shape index (κ3) is 4.33. The highest BCUT2D eigenvalue weighted by molar-refractivity contribution is 5.23. The van der Waals surface area contributed by atoms with E-state index in [0.29, 0.717) is 0 Å².